The molecule has 4 aromatic rings. The van der Waals surface area contributed by atoms with Gasteiger partial charge in [-0.1, -0.05) is 48.9 Å². The number of hydrogen-bond acceptors (Lipinski definition) is 6. The molecule has 8 nitrogen and oxygen atoms in total. The number of ether oxygens (including phenoxy) is 2. The van der Waals surface area contributed by atoms with E-state index < -0.39 is 17.6 Å². The van der Waals surface area contributed by atoms with Crippen molar-refractivity contribution in [1.82, 2.24) is 9.88 Å². The zero-order valence-electron chi connectivity index (χ0n) is 21.0. The molecule has 0 bridgehead atoms. The number of carbonyl (C=O) groups excluding carboxylic acids is 1. The molecule has 2 heterocycles. The summed E-state index contributed by atoms with van der Waals surface area (Å²) in [5.41, 5.74) is 3.30. The second-order valence-electron chi connectivity index (χ2n) is 9.87. The van der Waals surface area contributed by atoms with Crippen LogP contribution < -0.4 is 15.4 Å². The number of aromatic amines is 1. The molecule has 198 valence electrons. The van der Waals surface area contributed by atoms with Crippen molar-refractivity contribution in [1.29, 1.82) is 0 Å². The number of nitrogens with zero attached hydrogens (tertiary/aromatic N) is 1. The summed E-state index contributed by atoms with van der Waals surface area (Å²) < 4.78 is 11.6. The monoisotopic (exact) mass is 535 g/mol. The molecule has 2 unspecified atom stereocenters. The van der Waals surface area contributed by atoms with Crippen molar-refractivity contribution in [3.63, 3.8) is 0 Å². The lowest BCUT2D eigenvalue weighted by Crippen LogP contribution is -2.42. The van der Waals surface area contributed by atoms with Crippen LogP contribution in [0.2, 0.25) is 5.02 Å². The summed E-state index contributed by atoms with van der Waals surface area (Å²) in [7, 11) is 0. The van der Waals surface area contributed by atoms with Crippen molar-refractivity contribution >= 4 is 28.6 Å². The first-order chi connectivity index (χ1) is 18.4. The molecule has 0 spiro atoms. The van der Waals surface area contributed by atoms with E-state index in [0.717, 1.165) is 27.7 Å². The highest BCUT2D eigenvalue weighted by molar-refractivity contribution is 6.31. The van der Waals surface area contributed by atoms with E-state index in [4.69, 9.17) is 31.8 Å². The summed E-state index contributed by atoms with van der Waals surface area (Å²) in [5, 5.41) is 11.4. The molecule has 0 saturated heterocycles. The number of rotatable bonds is 8. The number of para-hydroxylation sites is 1. The third kappa shape index (κ3) is 5.35. The van der Waals surface area contributed by atoms with Crippen LogP contribution in [0, 0.1) is 5.41 Å². The summed E-state index contributed by atoms with van der Waals surface area (Å²) in [5.74, 6) is 6.32. The summed E-state index contributed by atoms with van der Waals surface area (Å²) >= 11 is 6.31. The molecule has 0 aliphatic carbocycles. The Kier molecular flexibility index (Phi) is 7.58. The quantitative estimate of drug-likeness (QED) is 0.266. The highest BCUT2D eigenvalue weighted by Gasteiger charge is 2.36. The van der Waals surface area contributed by atoms with E-state index in [2.05, 4.69) is 4.98 Å². The Labute approximate surface area is 225 Å². The molecule has 1 aliphatic heterocycles. The summed E-state index contributed by atoms with van der Waals surface area (Å²) in [6.07, 6.45) is 0.240. The van der Waals surface area contributed by atoms with Gasteiger partial charge in [0.15, 0.2) is 0 Å². The lowest BCUT2D eigenvalue weighted by Gasteiger charge is -2.35. The molecule has 5 rings (SSSR count). The maximum atomic E-state index is 13.4. The van der Waals surface area contributed by atoms with Crippen LogP contribution in [-0.4, -0.2) is 47.4 Å². The SMILES string of the molecule is CC(CO)(CON)COc1ccc(C2c3[nH]c4ccc(Cl)cc4c3CCN2C(=O)Oc2ccccc2)cc1. The minimum Gasteiger partial charge on any atom is -0.493 e. The van der Waals surface area contributed by atoms with E-state index in [9.17, 15) is 9.90 Å². The van der Waals surface area contributed by atoms with Crippen molar-refractivity contribution in [3.05, 3.63) is 94.6 Å². The molecule has 38 heavy (non-hydrogen) atoms. The highest BCUT2D eigenvalue weighted by Crippen LogP contribution is 2.40. The third-order valence-electron chi connectivity index (χ3n) is 6.87. The first kappa shape index (κ1) is 26.1. The minimum absolute atomic E-state index is 0.129. The van der Waals surface area contributed by atoms with Gasteiger partial charge in [0.1, 0.15) is 17.5 Å². The number of hydrogen-bond donors (Lipinski definition) is 3. The number of amides is 1. The van der Waals surface area contributed by atoms with Gasteiger partial charge in [-0.25, -0.2) is 10.7 Å². The topological polar surface area (TPSA) is 110 Å². The standard InChI is InChI=1S/C29H30ClN3O5/c1-29(16-34,18-37-31)17-36-21-10-7-19(8-11-21)27-26-23(24-15-20(30)9-12-25(24)32-26)13-14-33(27)28(35)38-22-5-3-2-4-6-22/h2-12,15,27,32,34H,13-14,16-18,31H2,1H3. The Morgan fingerprint density at radius 1 is 1.11 bits per heavy atom. The average Bonchev–Trinajstić information content (AvgIpc) is 3.30. The third-order valence-corrected chi connectivity index (χ3v) is 7.10. The molecular formula is C29H30ClN3O5. The van der Waals surface area contributed by atoms with Crippen LogP contribution in [0.1, 0.15) is 29.8 Å². The van der Waals surface area contributed by atoms with Gasteiger partial charge in [-0.15, -0.1) is 0 Å². The number of benzene rings is 3. The number of carbonyl (C=O) groups is 1. The molecule has 4 N–H and O–H groups in total. The lowest BCUT2D eigenvalue weighted by atomic mass is 9.92. The molecule has 0 radical (unpaired) electrons. The molecule has 2 atom stereocenters. The molecule has 0 saturated carbocycles. The zero-order valence-corrected chi connectivity index (χ0v) is 21.8. The van der Waals surface area contributed by atoms with Crippen LogP contribution in [0.15, 0.2) is 72.8 Å². The van der Waals surface area contributed by atoms with Gasteiger partial charge in [0.2, 0.25) is 0 Å². The molecule has 1 aromatic heterocycles. The van der Waals surface area contributed by atoms with Crippen molar-refractivity contribution in [2.45, 2.75) is 19.4 Å². The Hall–Kier alpha value is -3.56. The van der Waals surface area contributed by atoms with Crippen LogP contribution in [0.25, 0.3) is 10.9 Å². The number of fused-ring (bicyclic) bond motifs is 3. The molecular weight excluding hydrogens is 506 g/mol. The lowest BCUT2D eigenvalue weighted by molar-refractivity contribution is -0.0106. The van der Waals surface area contributed by atoms with Crippen LogP contribution in [0.4, 0.5) is 4.79 Å². The number of aliphatic hydroxyl groups excluding tert-OH is 1. The van der Waals surface area contributed by atoms with E-state index in [1.165, 1.54) is 0 Å². The smallest absolute Gasteiger partial charge is 0.416 e. The first-order valence-electron chi connectivity index (χ1n) is 12.4. The van der Waals surface area contributed by atoms with Crippen LogP contribution in [-0.2, 0) is 11.3 Å². The largest absolute Gasteiger partial charge is 0.493 e. The van der Waals surface area contributed by atoms with Crippen molar-refractivity contribution < 1.29 is 24.2 Å². The fraction of sp³-hybridized carbons (Fsp3) is 0.276. The highest BCUT2D eigenvalue weighted by atomic mass is 35.5. The maximum absolute atomic E-state index is 13.4. The summed E-state index contributed by atoms with van der Waals surface area (Å²) in [6, 6.07) is 22.0. The second kappa shape index (κ2) is 11.0. The number of nitrogens with one attached hydrogen (secondary N) is 1. The fourth-order valence-corrected chi connectivity index (χ4v) is 4.96. The van der Waals surface area contributed by atoms with Crippen molar-refractivity contribution in [2.75, 3.05) is 26.4 Å². The van der Waals surface area contributed by atoms with Gasteiger partial charge in [0.05, 0.1) is 25.2 Å². The van der Waals surface area contributed by atoms with Gasteiger partial charge in [0.25, 0.3) is 0 Å². The van der Waals surface area contributed by atoms with Gasteiger partial charge in [-0.3, -0.25) is 4.90 Å². The second-order valence-corrected chi connectivity index (χ2v) is 10.3. The predicted octanol–water partition coefficient (Wildman–Crippen LogP) is 5.24. The summed E-state index contributed by atoms with van der Waals surface area (Å²) in [4.78, 5) is 23.4. The minimum atomic E-state index is -0.630. The number of aromatic nitrogens is 1. The number of halogens is 1. The van der Waals surface area contributed by atoms with Crippen LogP contribution >= 0.6 is 11.6 Å². The van der Waals surface area contributed by atoms with E-state index in [1.54, 1.807) is 17.0 Å². The Bertz CT molecular complexity index is 1410. The first-order valence-corrected chi connectivity index (χ1v) is 12.8. The fourth-order valence-electron chi connectivity index (χ4n) is 4.79. The van der Waals surface area contributed by atoms with E-state index in [1.807, 2.05) is 67.6 Å². The average molecular weight is 536 g/mol. The van der Waals surface area contributed by atoms with Gasteiger partial charge in [-0.2, -0.15) is 0 Å². The Morgan fingerprint density at radius 2 is 1.87 bits per heavy atom. The maximum Gasteiger partial charge on any atom is 0.416 e. The van der Waals surface area contributed by atoms with Crippen LogP contribution in [0.5, 0.6) is 11.5 Å². The number of aliphatic hydroxyl groups is 1. The molecule has 0 fully saturated rings. The number of nitrogens with two attached hydrogens (primary N) is 1. The number of H-pyrrole nitrogens is 1. The Balaban J connectivity index is 1.47. The van der Waals surface area contributed by atoms with E-state index in [0.29, 0.717) is 29.5 Å². The molecule has 1 amide bonds. The van der Waals surface area contributed by atoms with Crippen LogP contribution in [0.3, 0.4) is 0 Å². The van der Waals surface area contributed by atoms with Gasteiger partial charge in [-0.05, 0) is 60.0 Å². The van der Waals surface area contributed by atoms with Crippen molar-refractivity contribution in [2.24, 2.45) is 11.3 Å². The predicted molar refractivity (Wildman–Crippen MR) is 145 cm³/mol. The zero-order chi connectivity index (χ0) is 26.7. The van der Waals surface area contributed by atoms with Gasteiger partial charge >= 0.3 is 6.09 Å². The van der Waals surface area contributed by atoms with E-state index >= 15 is 0 Å². The molecule has 3 aromatic carbocycles. The van der Waals surface area contributed by atoms with Crippen molar-refractivity contribution in [3.8, 4) is 11.5 Å². The summed E-state index contributed by atoms with van der Waals surface area (Å²) in [6.45, 7) is 2.57. The molecule has 9 heteroatoms. The van der Waals surface area contributed by atoms with Gasteiger partial charge in [0, 0.05) is 28.2 Å². The van der Waals surface area contributed by atoms with Gasteiger partial charge < -0.3 is 24.4 Å². The molecule has 1 aliphatic rings. The normalized spacial score (nSPS) is 16.6. The van der Waals surface area contributed by atoms with E-state index in [-0.39, 0.29) is 19.8 Å². The Morgan fingerprint density at radius 3 is 2.58 bits per heavy atom.